The number of benzene rings is 1. The van der Waals surface area contributed by atoms with Crippen molar-refractivity contribution in [2.24, 2.45) is 0 Å². The minimum atomic E-state index is 0.291. The molecule has 2 aromatic heterocycles. The number of hydrogen-bond donors (Lipinski definition) is 1. The molecule has 0 fully saturated rings. The van der Waals surface area contributed by atoms with Crippen LogP contribution in [0.5, 0.6) is 5.75 Å². The van der Waals surface area contributed by atoms with E-state index in [0.29, 0.717) is 12.5 Å². The minimum Gasteiger partial charge on any atom is -0.489 e. The fraction of sp³-hybridized carbons (Fsp3) is 0.318. The highest BCUT2D eigenvalue weighted by molar-refractivity contribution is 5.63. The number of para-hydroxylation sites is 1. The predicted molar refractivity (Wildman–Crippen MR) is 112 cm³/mol. The van der Waals surface area contributed by atoms with Crippen LogP contribution in [0.3, 0.4) is 0 Å². The Balaban J connectivity index is 1.53. The number of aromatic nitrogens is 3. The zero-order chi connectivity index (χ0) is 19.5. The van der Waals surface area contributed by atoms with E-state index >= 15 is 0 Å². The van der Waals surface area contributed by atoms with E-state index in [9.17, 15) is 0 Å². The number of fused-ring (bicyclic) bond motifs is 1. The van der Waals surface area contributed by atoms with Gasteiger partial charge in [0.1, 0.15) is 24.5 Å². The van der Waals surface area contributed by atoms with Crippen LogP contribution in [0.4, 0.5) is 11.5 Å². The molecule has 3 aromatic rings. The normalized spacial score (nSPS) is 13.8. The SMILES string of the molecule is Cc1ccc(-c2cc(N(C)C[C@@H](C)c3cccc4c3OCCN4)ncn2)cn1. The van der Waals surface area contributed by atoms with Gasteiger partial charge < -0.3 is 15.0 Å². The van der Waals surface area contributed by atoms with E-state index in [2.05, 4.69) is 57.3 Å². The maximum Gasteiger partial charge on any atom is 0.146 e. The Morgan fingerprint density at radius 3 is 2.89 bits per heavy atom. The molecule has 0 saturated heterocycles. The van der Waals surface area contributed by atoms with Crippen molar-refractivity contribution in [3.63, 3.8) is 0 Å². The van der Waals surface area contributed by atoms with Crippen molar-refractivity contribution in [2.45, 2.75) is 19.8 Å². The second-order valence-electron chi connectivity index (χ2n) is 7.23. The number of ether oxygens (including phenoxy) is 1. The van der Waals surface area contributed by atoms with Gasteiger partial charge in [-0.2, -0.15) is 0 Å². The number of pyridine rings is 1. The van der Waals surface area contributed by atoms with Crippen LogP contribution in [-0.4, -0.2) is 41.7 Å². The summed E-state index contributed by atoms with van der Waals surface area (Å²) >= 11 is 0. The molecular weight excluding hydrogens is 350 g/mol. The second kappa shape index (κ2) is 7.84. The molecule has 6 heteroatoms. The summed E-state index contributed by atoms with van der Waals surface area (Å²) in [4.78, 5) is 15.4. The van der Waals surface area contributed by atoms with Gasteiger partial charge in [0.05, 0.1) is 11.4 Å². The Labute approximate surface area is 165 Å². The van der Waals surface area contributed by atoms with Crippen molar-refractivity contribution in [1.29, 1.82) is 0 Å². The summed E-state index contributed by atoms with van der Waals surface area (Å²) in [6.45, 7) is 6.57. The van der Waals surface area contributed by atoms with Gasteiger partial charge in [0.15, 0.2) is 0 Å². The van der Waals surface area contributed by atoms with Gasteiger partial charge in [0.2, 0.25) is 0 Å². The van der Waals surface area contributed by atoms with Crippen LogP contribution in [0.25, 0.3) is 11.3 Å². The maximum absolute atomic E-state index is 5.94. The average molecular weight is 375 g/mol. The molecule has 1 aromatic carbocycles. The van der Waals surface area contributed by atoms with Gasteiger partial charge in [-0.3, -0.25) is 4.98 Å². The zero-order valence-corrected chi connectivity index (χ0v) is 16.5. The first kappa shape index (κ1) is 18.2. The number of hydrogen-bond acceptors (Lipinski definition) is 6. The first-order chi connectivity index (χ1) is 13.6. The fourth-order valence-electron chi connectivity index (χ4n) is 3.52. The van der Waals surface area contributed by atoms with Gasteiger partial charge in [-0.15, -0.1) is 0 Å². The number of likely N-dealkylation sites (N-methyl/N-ethyl adjacent to an activating group) is 1. The number of aryl methyl sites for hydroxylation is 1. The Bertz CT molecular complexity index is 957. The van der Waals surface area contributed by atoms with Crippen LogP contribution < -0.4 is 15.0 Å². The molecule has 3 heterocycles. The average Bonchev–Trinajstić information content (AvgIpc) is 2.74. The lowest BCUT2D eigenvalue weighted by molar-refractivity contribution is 0.318. The zero-order valence-electron chi connectivity index (χ0n) is 16.5. The molecule has 1 aliphatic heterocycles. The summed E-state index contributed by atoms with van der Waals surface area (Å²) in [5, 5.41) is 3.41. The standard InChI is InChI=1S/C22H25N5O/c1-15(18-5-4-6-19-22(18)28-10-9-23-19)13-27(3)21-11-20(25-14-26-21)17-8-7-16(2)24-12-17/h4-8,11-12,14-15,23H,9-10,13H2,1-3H3/t15-/m1/s1. The van der Waals surface area contributed by atoms with Crippen LogP contribution in [-0.2, 0) is 0 Å². The molecule has 0 bridgehead atoms. The number of nitrogens with zero attached hydrogens (tertiary/aromatic N) is 4. The summed E-state index contributed by atoms with van der Waals surface area (Å²) in [5.74, 6) is 2.16. The quantitative estimate of drug-likeness (QED) is 0.730. The summed E-state index contributed by atoms with van der Waals surface area (Å²) in [6.07, 6.45) is 3.47. The van der Waals surface area contributed by atoms with Crippen LogP contribution >= 0.6 is 0 Å². The molecule has 1 N–H and O–H groups in total. The molecule has 0 spiro atoms. The lowest BCUT2D eigenvalue weighted by atomic mass is 9.98. The maximum atomic E-state index is 5.94. The molecule has 28 heavy (non-hydrogen) atoms. The molecule has 0 unspecified atom stereocenters. The van der Waals surface area contributed by atoms with Crippen LogP contribution in [0.2, 0.25) is 0 Å². The van der Waals surface area contributed by atoms with Gasteiger partial charge in [0.25, 0.3) is 0 Å². The van der Waals surface area contributed by atoms with Crippen molar-refractivity contribution in [1.82, 2.24) is 15.0 Å². The molecule has 144 valence electrons. The topological polar surface area (TPSA) is 63.2 Å². The van der Waals surface area contributed by atoms with Gasteiger partial charge in [-0.05, 0) is 25.1 Å². The molecule has 0 amide bonds. The first-order valence-corrected chi connectivity index (χ1v) is 9.57. The highest BCUT2D eigenvalue weighted by Crippen LogP contribution is 2.36. The summed E-state index contributed by atoms with van der Waals surface area (Å²) in [6, 6.07) is 12.3. The molecule has 4 rings (SSSR count). The van der Waals surface area contributed by atoms with E-state index < -0.39 is 0 Å². The fourth-order valence-corrected chi connectivity index (χ4v) is 3.52. The van der Waals surface area contributed by atoms with Crippen LogP contribution in [0, 0.1) is 6.92 Å². The van der Waals surface area contributed by atoms with Crippen molar-refractivity contribution in [3.8, 4) is 17.0 Å². The Morgan fingerprint density at radius 1 is 1.18 bits per heavy atom. The highest BCUT2D eigenvalue weighted by atomic mass is 16.5. The number of anilines is 2. The van der Waals surface area contributed by atoms with Crippen LogP contribution in [0.1, 0.15) is 24.1 Å². The van der Waals surface area contributed by atoms with E-state index in [1.807, 2.05) is 31.3 Å². The Hall–Kier alpha value is -3.15. The molecule has 1 aliphatic rings. The van der Waals surface area contributed by atoms with E-state index in [-0.39, 0.29) is 0 Å². The largest absolute Gasteiger partial charge is 0.489 e. The molecule has 6 nitrogen and oxygen atoms in total. The third kappa shape index (κ3) is 3.76. The lowest BCUT2D eigenvalue weighted by Crippen LogP contribution is -2.25. The molecule has 1 atom stereocenters. The monoisotopic (exact) mass is 375 g/mol. The summed E-state index contributed by atoms with van der Waals surface area (Å²) < 4.78 is 5.94. The van der Waals surface area contributed by atoms with E-state index in [1.54, 1.807) is 6.33 Å². The molecule has 0 radical (unpaired) electrons. The minimum absolute atomic E-state index is 0.291. The van der Waals surface area contributed by atoms with E-state index in [4.69, 9.17) is 4.74 Å². The third-order valence-corrected chi connectivity index (χ3v) is 5.04. The van der Waals surface area contributed by atoms with Crippen LogP contribution in [0.15, 0.2) is 48.9 Å². The first-order valence-electron chi connectivity index (χ1n) is 9.57. The van der Waals surface area contributed by atoms with E-state index in [0.717, 1.165) is 47.3 Å². The van der Waals surface area contributed by atoms with Crippen molar-refractivity contribution in [2.75, 3.05) is 37.0 Å². The van der Waals surface area contributed by atoms with Gasteiger partial charge in [-0.1, -0.05) is 19.1 Å². The molecular formula is C22H25N5O. The Morgan fingerprint density at radius 2 is 2.07 bits per heavy atom. The third-order valence-electron chi connectivity index (χ3n) is 5.04. The number of nitrogens with one attached hydrogen (secondary N) is 1. The van der Waals surface area contributed by atoms with Gasteiger partial charge in [0, 0.05) is 55.1 Å². The van der Waals surface area contributed by atoms with Crippen molar-refractivity contribution in [3.05, 3.63) is 60.2 Å². The smallest absolute Gasteiger partial charge is 0.146 e. The van der Waals surface area contributed by atoms with Crippen molar-refractivity contribution < 1.29 is 4.74 Å². The van der Waals surface area contributed by atoms with Gasteiger partial charge >= 0.3 is 0 Å². The second-order valence-corrected chi connectivity index (χ2v) is 7.23. The van der Waals surface area contributed by atoms with Gasteiger partial charge in [-0.25, -0.2) is 9.97 Å². The Kier molecular flexibility index (Phi) is 5.10. The highest BCUT2D eigenvalue weighted by Gasteiger charge is 2.20. The lowest BCUT2D eigenvalue weighted by Gasteiger charge is -2.27. The summed E-state index contributed by atoms with van der Waals surface area (Å²) in [5.41, 5.74) is 5.16. The van der Waals surface area contributed by atoms with E-state index in [1.165, 1.54) is 5.56 Å². The molecule has 0 aliphatic carbocycles. The predicted octanol–water partition coefficient (Wildman–Crippen LogP) is 3.89. The van der Waals surface area contributed by atoms with Crippen molar-refractivity contribution >= 4 is 11.5 Å². The number of rotatable bonds is 5. The summed E-state index contributed by atoms with van der Waals surface area (Å²) in [7, 11) is 2.06. The molecule has 0 saturated carbocycles.